The van der Waals surface area contributed by atoms with Crippen LogP contribution in [0.25, 0.3) is 32.9 Å². The Labute approximate surface area is 383 Å². The van der Waals surface area contributed by atoms with Crippen LogP contribution in [0.1, 0.15) is 122 Å². The van der Waals surface area contributed by atoms with Crippen molar-refractivity contribution in [3.05, 3.63) is 47.7 Å². The number of thioether (sulfide) groups is 1. The van der Waals surface area contributed by atoms with Gasteiger partial charge < -0.3 is 14.1 Å². The molecule has 2 atom stereocenters. The molecule has 0 N–H and O–H groups in total. The van der Waals surface area contributed by atoms with Crippen LogP contribution in [0.3, 0.4) is 0 Å². The monoisotopic (exact) mass is 913 g/mol. The third kappa shape index (κ3) is 9.11. The van der Waals surface area contributed by atoms with Crippen molar-refractivity contribution in [1.29, 1.82) is 0 Å². The molecule has 4 heterocycles. The molecule has 6 rings (SSSR count). The lowest BCUT2D eigenvalue weighted by atomic mass is 9.76. The molecule has 1 amide bonds. The second kappa shape index (κ2) is 18.6. The summed E-state index contributed by atoms with van der Waals surface area (Å²) in [5.74, 6) is 4.50. The number of anilines is 1. The molecule has 0 aliphatic carbocycles. The van der Waals surface area contributed by atoms with Crippen LogP contribution in [0.15, 0.2) is 35.6 Å². The average Bonchev–Trinajstić information content (AvgIpc) is 3.46. The summed E-state index contributed by atoms with van der Waals surface area (Å²) in [7, 11) is -2.18. The predicted molar refractivity (Wildman–Crippen MR) is 261 cm³/mol. The highest BCUT2D eigenvalue weighted by molar-refractivity contribution is 7.98. The topological polar surface area (TPSA) is 80.7 Å². The molecule has 2 saturated heterocycles. The number of carbonyl (C=O) groups is 1. The second-order valence-electron chi connectivity index (χ2n) is 20.6. The second-order valence-corrected chi connectivity index (χ2v) is 28.3. The van der Waals surface area contributed by atoms with Gasteiger partial charge in [0.25, 0.3) is 0 Å². The van der Waals surface area contributed by atoms with E-state index in [0.717, 1.165) is 12.8 Å². The molecule has 2 bridgehead atoms. The van der Waals surface area contributed by atoms with Crippen molar-refractivity contribution in [3.8, 4) is 28.5 Å². The van der Waals surface area contributed by atoms with Crippen LogP contribution in [0.2, 0.25) is 21.7 Å². The van der Waals surface area contributed by atoms with Crippen molar-refractivity contribution in [3.63, 3.8) is 0 Å². The molecule has 2 aromatic heterocycles. The smallest absolute Gasteiger partial charge is 0.410 e. The van der Waals surface area contributed by atoms with Gasteiger partial charge in [-0.05, 0) is 97.8 Å². The van der Waals surface area contributed by atoms with Gasteiger partial charge in [-0.3, -0.25) is 9.88 Å². The zero-order valence-electron chi connectivity index (χ0n) is 40.5. The van der Waals surface area contributed by atoms with Gasteiger partial charge in [-0.25, -0.2) is 23.5 Å². The summed E-state index contributed by atoms with van der Waals surface area (Å²) in [5.41, 5.74) is 4.95. The summed E-state index contributed by atoms with van der Waals surface area (Å²) in [6.45, 7) is 33.6. The van der Waals surface area contributed by atoms with Gasteiger partial charge in [-0.15, -0.1) is 5.54 Å². The van der Waals surface area contributed by atoms with Crippen molar-refractivity contribution >= 4 is 63.2 Å². The quantitative estimate of drug-likeness (QED) is 0.0602. The van der Waals surface area contributed by atoms with Crippen molar-refractivity contribution in [2.24, 2.45) is 17.8 Å². The van der Waals surface area contributed by atoms with E-state index in [0.29, 0.717) is 85.9 Å². The molecule has 4 aromatic rings. The molecule has 2 aromatic carbocycles. The zero-order valence-corrected chi connectivity index (χ0v) is 43.3. The zero-order chi connectivity index (χ0) is 46.5. The normalized spacial score (nSPS) is 17.3. The molecule has 0 unspecified atom stereocenters. The van der Waals surface area contributed by atoms with E-state index in [2.05, 4.69) is 99.4 Å². The summed E-state index contributed by atoms with van der Waals surface area (Å²) in [5, 5.41) is 1.97. The maximum absolute atomic E-state index is 17.8. The third-order valence-electron chi connectivity index (χ3n) is 14.0. The third-order valence-corrected chi connectivity index (χ3v) is 23.3. The van der Waals surface area contributed by atoms with E-state index in [1.54, 1.807) is 12.3 Å². The first kappa shape index (κ1) is 48.7. The number of nitrogens with zero attached hydrogens (tertiary/aromatic N) is 5. The Kier molecular flexibility index (Phi) is 14.4. The van der Waals surface area contributed by atoms with E-state index in [1.165, 1.54) is 17.8 Å². The fourth-order valence-corrected chi connectivity index (χ4v) is 17.8. The van der Waals surface area contributed by atoms with Gasteiger partial charge in [0.1, 0.15) is 42.3 Å². The number of ether oxygens (including phenoxy) is 1. The first-order valence-corrected chi connectivity index (χ1v) is 27.2. The number of pyridine rings is 1. The molecule has 8 nitrogen and oxygen atoms in total. The number of amides is 1. The van der Waals surface area contributed by atoms with E-state index in [9.17, 15) is 4.79 Å². The van der Waals surface area contributed by atoms with Crippen LogP contribution in [0.4, 0.5) is 19.4 Å². The van der Waals surface area contributed by atoms with Crippen LogP contribution in [0.5, 0.6) is 5.75 Å². The minimum Gasteiger partial charge on any atom is -0.540 e. The Hall–Kier alpha value is -3.74. The van der Waals surface area contributed by atoms with Crippen molar-refractivity contribution in [2.45, 2.75) is 161 Å². The van der Waals surface area contributed by atoms with Crippen LogP contribution >= 0.6 is 11.8 Å². The number of hydrogen-bond donors (Lipinski definition) is 0. The van der Waals surface area contributed by atoms with E-state index in [-0.39, 0.29) is 49.8 Å². The molecule has 340 valence electrons. The Morgan fingerprint density at radius 3 is 2.00 bits per heavy atom. The summed E-state index contributed by atoms with van der Waals surface area (Å²) in [4.78, 5) is 31.9. The summed E-state index contributed by atoms with van der Waals surface area (Å²) >= 11 is 1.34. The lowest BCUT2D eigenvalue weighted by Gasteiger charge is -2.43. The SMILES string of the molecule is CSc1nc(N2C[C@H]3CC[C@@H](C2)N3C(=O)OC(C)(C)C)c2cnc(-c3cc(O[Si]C(C(C)C)(C(C)C)C(C)C)cc4ccc(F)c(C#C[Si](C(C)C)(C(C)C)C(C)C)c34)c(F)c2n1. The van der Waals surface area contributed by atoms with Gasteiger partial charge in [-0.1, -0.05) is 107 Å². The van der Waals surface area contributed by atoms with Crippen LogP contribution in [0, 0.1) is 40.9 Å². The number of benzene rings is 2. The highest BCUT2D eigenvalue weighted by Gasteiger charge is 2.46. The number of hydrogen-bond acceptors (Lipinski definition) is 8. The number of carbonyl (C=O) groups excluding carboxylic acids is 1. The molecule has 13 heteroatoms. The lowest BCUT2D eigenvalue weighted by molar-refractivity contribution is 0.0123. The maximum Gasteiger partial charge on any atom is 0.410 e. The largest absolute Gasteiger partial charge is 0.540 e. The van der Waals surface area contributed by atoms with Crippen molar-refractivity contribution in [2.75, 3.05) is 24.2 Å². The highest BCUT2D eigenvalue weighted by Crippen LogP contribution is 2.50. The summed E-state index contributed by atoms with van der Waals surface area (Å²) in [6.07, 6.45) is 4.89. The van der Waals surface area contributed by atoms with Gasteiger partial charge in [0.05, 0.1) is 23.0 Å². The van der Waals surface area contributed by atoms with Gasteiger partial charge >= 0.3 is 15.9 Å². The Bertz CT molecular complexity index is 2350. The van der Waals surface area contributed by atoms with E-state index in [4.69, 9.17) is 24.1 Å². The van der Waals surface area contributed by atoms with Crippen molar-refractivity contribution in [1.82, 2.24) is 19.9 Å². The molecule has 2 aliphatic heterocycles. The van der Waals surface area contributed by atoms with E-state index in [1.807, 2.05) is 44.1 Å². The molecule has 63 heavy (non-hydrogen) atoms. The molecule has 0 saturated carbocycles. The number of rotatable bonds is 12. The molecule has 2 radical (unpaired) electrons. The standard InChI is InChI=1S/C50H69F2N5O3SSi2/c1-28(2)50(29(3)4,30(5)6)62-60-37-23-34-17-20-41(51)38(21-22-63(31(7)8,32(9)10)33(11)12)42(34)39(24-37)44-43(52)45-40(25-53-44)46(55-47(54-45)61-16)56-26-35-18-19-36(27-56)57(35)48(58)59-49(13,14)15/h17,20,23-25,28-33,35-36H,18-19,26-27H2,1-16H3/t35-,36+. The van der Waals surface area contributed by atoms with Gasteiger partial charge in [0.2, 0.25) is 0 Å². The Morgan fingerprint density at radius 2 is 1.48 bits per heavy atom. The number of piperazine rings is 1. The van der Waals surface area contributed by atoms with Crippen LogP contribution in [-0.4, -0.2) is 80.8 Å². The van der Waals surface area contributed by atoms with Gasteiger partial charge in [0.15, 0.2) is 11.0 Å². The van der Waals surface area contributed by atoms with Crippen LogP contribution in [-0.2, 0) is 4.74 Å². The fraction of sp³-hybridized carbons (Fsp3) is 0.600. The molecule has 0 spiro atoms. The van der Waals surface area contributed by atoms with Gasteiger partial charge in [-0.2, -0.15) is 0 Å². The summed E-state index contributed by atoms with van der Waals surface area (Å²) < 4.78 is 46.9. The number of aromatic nitrogens is 3. The summed E-state index contributed by atoms with van der Waals surface area (Å²) in [6, 6.07) is 6.82. The molecular formula is C50H69F2N5O3SSi2. The minimum atomic E-state index is -2.30. The minimum absolute atomic E-state index is 0.0457. The molecular weight excluding hydrogens is 845 g/mol. The fourth-order valence-electron chi connectivity index (χ4n) is 11.1. The first-order chi connectivity index (χ1) is 29.5. The van der Waals surface area contributed by atoms with E-state index >= 15 is 8.78 Å². The van der Waals surface area contributed by atoms with Crippen molar-refractivity contribution < 1.29 is 22.7 Å². The first-order valence-electron chi connectivity index (χ1n) is 22.9. The van der Waals surface area contributed by atoms with Crippen LogP contribution < -0.4 is 9.33 Å². The average molecular weight is 914 g/mol. The number of fused-ring (bicyclic) bond motifs is 4. The molecule has 2 fully saturated rings. The lowest BCUT2D eigenvalue weighted by Crippen LogP contribution is -2.57. The predicted octanol–water partition coefficient (Wildman–Crippen LogP) is 13.1. The van der Waals surface area contributed by atoms with E-state index < -0.39 is 25.3 Å². The highest BCUT2D eigenvalue weighted by atomic mass is 32.2. The maximum atomic E-state index is 17.8. The Morgan fingerprint density at radius 1 is 0.889 bits per heavy atom. The Balaban J connectivity index is 1.56. The molecule has 2 aliphatic rings. The van der Waals surface area contributed by atoms with Gasteiger partial charge in [0, 0.05) is 35.3 Å². The number of halogens is 2.